The zero-order chi connectivity index (χ0) is 19.6. The summed E-state index contributed by atoms with van der Waals surface area (Å²) in [5, 5.41) is 23.3. The van der Waals surface area contributed by atoms with E-state index >= 15 is 0 Å². The number of carbonyl (C=O) groups is 1. The van der Waals surface area contributed by atoms with Gasteiger partial charge in [0.05, 0.1) is 15.9 Å². The monoisotopic (exact) mass is 391 g/mol. The molecule has 2 aromatic rings. The highest BCUT2D eigenvalue weighted by Crippen LogP contribution is 2.28. The first-order valence-electron chi connectivity index (χ1n) is 8.09. The fourth-order valence-electron chi connectivity index (χ4n) is 2.91. The van der Waals surface area contributed by atoms with Crippen molar-refractivity contribution in [3.8, 4) is 0 Å². The Morgan fingerprint density at radius 1 is 1.15 bits per heavy atom. The number of anilines is 1. The number of nitro benzene ring substituents is 1. The van der Waals surface area contributed by atoms with Crippen LogP contribution in [-0.2, 0) is 14.8 Å². The molecule has 2 atom stereocenters. The highest BCUT2D eigenvalue weighted by atomic mass is 32.2. The molecule has 10 heteroatoms. The number of nitrogens with one attached hydrogen (secondary N) is 1. The van der Waals surface area contributed by atoms with E-state index in [1.807, 2.05) is 0 Å². The van der Waals surface area contributed by atoms with Gasteiger partial charge in [-0.25, -0.2) is 8.42 Å². The second-order valence-electron chi connectivity index (χ2n) is 6.09. The number of hydrogen-bond donors (Lipinski definition) is 2. The third-order valence-corrected chi connectivity index (χ3v) is 6.12. The molecule has 1 aliphatic rings. The van der Waals surface area contributed by atoms with Crippen molar-refractivity contribution in [1.29, 1.82) is 0 Å². The van der Waals surface area contributed by atoms with Crippen molar-refractivity contribution in [1.82, 2.24) is 4.31 Å². The first-order chi connectivity index (χ1) is 12.8. The van der Waals surface area contributed by atoms with Crippen LogP contribution in [0.1, 0.15) is 6.42 Å². The van der Waals surface area contributed by atoms with Crippen molar-refractivity contribution >= 4 is 27.3 Å². The first kappa shape index (κ1) is 19.0. The van der Waals surface area contributed by atoms with Gasteiger partial charge in [0.25, 0.3) is 5.69 Å². The molecule has 0 aromatic heterocycles. The molecule has 0 unspecified atom stereocenters. The number of aliphatic hydroxyl groups excluding tert-OH is 1. The van der Waals surface area contributed by atoms with Gasteiger partial charge in [0.2, 0.25) is 15.9 Å². The van der Waals surface area contributed by atoms with E-state index in [0.717, 1.165) is 28.6 Å². The summed E-state index contributed by atoms with van der Waals surface area (Å²) in [4.78, 5) is 22.5. The molecule has 9 nitrogen and oxygen atoms in total. The Morgan fingerprint density at radius 2 is 1.78 bits per heavy atom. The van der Waals surface area contributed by atoms with Crippen LogP contribution in [0.15, 0.2) is 59.5 Å². The molecule has 2 aromatic carbocycles. The topological polar surface area (TPSA) is 130 Å². The van der Waals surface area contributed by atoms with Gasteiger partial charge in [-0.1, -0.05) is 18.2 Å². The van der Waals surface area contributed by atoms with Crippen LogP contribution in [0.2, 0.25) is 0 Å². The molecule has 142 valence electrons. The molecule has 0 radical (unpaired) electrons. The summed E-state index contributed by atoms with van der Waals surface area (Å²) < 4.78 is 26.7. The van der Waals surface area contributed by atoms with Crippen molar-refractivity contribution in [2.45, 2.75) is 23.5 Å². The minimum Gasteiger partial charge on any atom is -0.392 e. The van der Waals surface area contributed by atoms with Crippen molar-refractivity contribution in [3.05, 3.63) is 64.7 Å². The number of non-ortho nitro benzene ring substituents is 1. The largest absolute Gasteiger partial charge is 0.392 e. The average Bonchev–Trinajstić information content (AvgIpc) is 3.05. The van der Waals surface area contributed by atoms with Crippen LogP contribution >= 0.6 is 0 Å². The lowest BCUT2D eigenvalue weighted by atomic mass is 10.2. The van der Waals surface area contributed by atoms with Crippen molar-refractivity contribution in [2.75, 3.05) is 11.9 Å². The van der Waals surface area contributed by atoms with Gasteiger partial charge in [0.1, 0.15) is 6.04 Å². The summed E-state index contributed by atoms with van der Waals surface area (Å²) in [6.45, 7) is -0.230. The molecule has 1 saturated heterocycles. The van der Waals surface area contributed by atoms with Crippen LogP contribution in [0.5, 0.6) is 0 Å². The lowest BCUT2D eigenvalue weighted by molar-refractivity contribution is -0.384. The zero-order valence-electron chi connectivity index (χ0n) is 14.1. The van der Waals surface area contributed by atoms with E-state index in [1.54, 1.807) is 30.3 Å². The van der Waals surface area contributed by atoms with E-state index in [1.165, 1.54) is 0 Å². The Morgan fingerprint density at radius 3 is 2.37 bits per heavy atom. The summed E-state index contributed by atoms with van der Waals surface area (Å²) in [5.41, 5.74) is 0.269. The molecule has 0 saturated carbocycles. The van der Waals surface area contributed by atoms with Gasteiger partial charge in [-0.3, -0.25) is 14.9 Å². The highest BCUT2D eigenvalue weighted by molar-refractivity contribution is 7.89. The predicted molar refractivity (Wildman–Crippen MR) is 96.5 cm³/mol. The molecule has 1 fully saturated rings. The van der Waals surface area contributed by atoms with Gasteiger partial charge in [0, 0.05) is 30.8 Å². The maximum Gasteiger partial charge on any atom is 0.269 e. The molecule has 2 N–H and O–H groups in total. The molecule has 1 amide bonds. The van der Waals surface area contributed by atoms with Gasteiger partial charge in [0.15, 0.2) is 0 Å². The fraction of sp³-hybridized carbons (Fsp3) is 0.235. The van der Waals surface area contributed by atoms with Crippen LogP contribution in [-0.4, -0.2) is 47.4 Å². The number of rotatable bonds is 5. The van der Waals surface area contributed by atoms with E-state index in [4.69, 9.17) is 0 Å². The van der Waals surface area contributed by atoms with Crippen LogP contribution in [0, 0.1) is 10.1 Å². The predicted octanol–water partition coefficient (Wildman–Crippen LogP) is 1.36. The first-order valence-corrected chi connectivity index (χ1v) is 9.53. The molecule has 3 rings (SSSR count). The summed E-state index contributed by atoms with van der Waals surface area (Å²) in [7, 11) is -4.11. The minimum atomic E-state index is -4.11. The van der Waals surface area contributed by atoms with Crippen molar-refractivity contribution < 1.29 is 23.2 Å². The maximum absolute atomic E-state index is 12.9. The summed E-state index contributed by atoms with van der Waals surface area (Å²) in [6.07, 6.45) is -1.02. The van der Waals surface area contributed by atoms with Gasteiger partial charge < -0.3 is 10.4 Å². The van der Waals surface area contributed by atoms with Crippen LogP contribution in [0.4, 0.5) is 11.4 Å². The number of amides is 1. The third kappa shape index (κ3) is 3.97. The second-order valence-corrected chi connectivity index (χ2v) is 7.98. The van der Waals surface area contributed by atoms with E-state index in [2.05, 4.69) is 5.32 Å². The van der Waals surface area contributed by atoms with Crippen LogP contribution < -0.4 is 5.32 Å². The molecule has 0 spiro atoms. The highest BCUT2D eigenvalue weighted by Gasteiger charge is 2.43. The molecule has 27 heavy (non-hydrogen) atoms. The molecule has 1 heterocycles. The Hall–Kier alpha value is -2.82. The number of hydrogen-bond acceptors (Lipinski definition) is 6. The molecule has 0 bridgehead atoms. The van der Waals surface area contributed by atoms with Crippen LogP contribution in [0.25, 0.3) is 0 Å². The average molecular weight is 391 g/mol. The zero-order valence-corrected chi connectivity index (χ0v) is 14.9. The standard InChI is InChI=1S/C17H17N3O6S/c21-14-10-16(17(22)18-12-4-2-1-3-5-12)19(11-14)27(25,26)15-8-6-13(7-9-15)20(23)24/h1-9,14,16,21H,10-11H2,(H,18,22)/t14-,16-/m0/s1. The fourth-order valence-corrected chi connectivity index (χ4v) is 4.55. The number of sulfonamides is 1. The maximum atomic E-state index is 12.9. The van der Waals surface area contributed by atoms with Crippen molar-refractivity contribution in [3.63, 3.8) is 0 Å². The quantitative estimate of drug-likeness (QED) is 0.585. The van der Waals surface area contributed by atoms with E-state index in [0.29, 0.717) is 5.69 Å². The van der Waals surface area contributed by atoms with Gasteiger partial charge in [-0.15, -0.1) is 0 Å². The Balaban J connectivity index is 1.86. The normalized spacial score (nSPS) is 20.3. The number of aliphatic hydroxyl groups is 1. The number of carbonyl (C=O) groups excluding carboxylic acids is 1. The summed E-state index contributed by atoms with van der Waals surface area (Å²) in [5.74, 6) is -0.553. The summed E-state index contributed by atoms with van der Waals surface area (Å²) >= 11 is 0. The number of para-hydroxylation sites is 1. The molecule has 1 aliphatic heterocycles. The Labute approximate surface area is 155 Å². The van der Waals surface area contributed by atoms with E-state index in [9.17, 15) is 28.4 Å². The van der Waals surface area contributed by atoms with Gasteiger partial charge in [-0.2, -0.15) is 4.31 Å². The van der Waals surface area contributed by atoms with E-state index < -0.39 is 33.0 Å². The second kappa shape index (κ2) is 7.43. The number of nitro groups is 1. The van der Waals surface area contributed by atoms with Crippen molar-refractivity contribution in [2.24, 2.45) is 0 Å². The molecule has 0 aliphatic carbocycles. The number of benzene rings is 2. The lowest BCUT2D eigenvalue weighted by Crippen LogP contribution is -2.43. The summed E-state index contributed by atoms with van der Waals surface area (Å²) in [6, 6.07) is 11.9. The third-order valence-electron chi connectivity index (χ3n) is 4.23. The lowest BCUT2D eigenvalue weighted by Gasteiger charge is -2.23. The van der Waals surface area contributed by atoms with E-state index in [-0.39, 0.29) is 23.5 Å². The van der Waals surface area contributed by atoms with Crippen LogP contribution in [0.3, 0.4) is 0 Å². The SMILES string of the molecule is O=C(Nc1ccccc1)[C@@H]1C[C@H](O)CN1S(=O)(=O)c1ccc([N+](=O)[O-])cc1. The van der Waals surface area contributed by atoms with Gasteiger partial charge >= 0.3 is 0 Å². The minimum absolute atomic E-state index is 0.0368. The smallest absolute Gasteiger partial charge is 0.269 e. The molecular weight excluding hydrogens is 374 g/mol. The number of nitrogens with zero attached hydrogens (tertiary/aromatic N) is 2. The van der Waals surface area contributed by atoms with Gasteiger partial charge in [-0.05, 0) is 24.3 Å². The molecular formula is C17H17N3O6S. The number of β-amino-alcohol motifs (C(OH)–C–C–N with tert-alkyl or cyclic N) is 1. The Bertz CT molecular complexity index is 946. The Kier molecular flexibility index (Phi) is 5.22.